The second-order valence-corrected chi connectivity index (χ2v) is 3.57. The monoisotopic (exact) mass is 137 g/mol. The van der Waals surface area contributed by atoms with Crippen LogP contribution in [0.2, 0.25) is 0 Å². The van der Waals surface area contributed by atoms with Crippen molar-refractivity contribution < 1.29 is 0 Å². The predicted octanol–water partition coefficient (Wildman–Crippen LogP) is 2.58. The lowest BCUT2D eigenvalue weighted by molar-refractivity contribution is 0.344. The van der Waals surface area contributed by atoms with Gasteiger partial charge in [-0.1, -0.05) is 20.3 Å². The molecule has 10 heavy (non-hydrogen) atoms. The fourth-order valence-corrected chi connectivity index (χ4v) is 1.95. The Morgan fingerprint density at radius 1 is 1.40 bits per heavy atom. The van der Waals surface area contributed by atoms with E-state index in [1.807, 2.05) is 0 Å². The Kier molecular flexibility index (Phi) is 2.32. The van der Waals surface area contributed by atoms with E-state index in [9.17, 15) is 0 Å². The van der Waals surface area contributed by atoms with Crippen LogP contribution in [0.1, 0.15) is 33.1 Å². The van der Waals surface area contributed by atoms with Gasteiger partial charge >= 0.3 is 0 Å². The quantitative estimate of drug-likeness (QED) is 0.545. The van der Waals surface area contributed by atoms with E-state index in [0.29, 0.717) is 17.8 Å². The van der Waals surface area contributed by atoms with E-state index in [0.717, 1.165) is 6.42 Å². The van der Waals surface area contributed by atoms with Crippen molar-refractivity contribution in [2.75, 3.05) is 0 Å². The van der Waals surface area contributed by atoms with Gasteiger partial charge < -0.3 is 0 Å². The molecule has 0 aromatic carbocycles. The summed E-state index contributed by atoms with van der Waals surface area (Å²) in [6.45, 7) is 4.45. The standard InChI is InChI=1S/C9H15N/c1-7(2)9-5-3-4-8(9)6-10/h7-9H,3-5H2,1-2H3/t8-,9-/m1/s1. The zero-order valence-corrected chi connectivity index (χ0v) is 6.80. The molecule has 0 amide bonds. The minimum absolute atomic E-state index is 0.361. The zero-order valence-electron chi connectivity index (χ0n) is 6.80. The van der Waals surface area contributed by atoms with E-state index in [1.54, 1.807) is 0 Å². The molecule has 0 aromatic heterocycles. The minimum atomic E-state index is 0.361. The van der Waals surface area contributed by atoms with Gasteiger partial charge in [-0.25, -0.2) is 0 Å². The minimum Gasteiger partial charge on any atom is -0.198 e. The van der Waals surface area contributed by atoms with Gasteiger partial charge in [0, 0.05) is 5.92 Å². The van der Waals surface area contributed by atoms with Crippen molar-refractivity contribution in [3.8, 4) is 6.07 Å². The summed E-state index contributed by atoms with van der Waals surface area (Å²) in [6, 6.07) is 2.40. The molecule has 1 fully saturated rings. The average Bonchev–Trinajstić information content (AvgIpc) is 2.33. The Labute approximate surface area is 63.0 Å². The lowest BCUT2D eigenvalue weighted by atomic mass is 9.87. The van der Waals surface area contributed by atoms with E-state index in [4.69, 9.17) is 5.26 Å². The normalized spacial score (nSPS) is 32.6. The van der Waals surface area contributed by atoms with Gasteiger partial charge in [-0.2, -0.15) is 5.26 Å². The third kappa shape index (κ3) is 1.31. The fraction of sp³-hybridized carbons (Fsp3) is 0.889. The Morgan fingerprint density at radius 2 is 2.10 bits per heavy atom. The lowest BCUT2D eigenvalue weighted by Gasteiger charge is -2.16. The van der Waals surface area contributed by atoms with Crippen LogP contribution in [0.25, 0.3) is 0 Å². The van der Waals surface area contributed by atoms with E-state index >= 15 is 0 Å². The SMILES string of the molecule is CC(C)[C@H]1CCC[C@@H]1C#N. The number of hydrogen-bond donors (Lipinski definition) is 0. The molecule has 2 atom stereocenters. The van der Waals surface area contributed by atoms with E-state index in [1.165, 1.54) is 12.8 Å². The van der Waals surface area contributed by atoms with Crippen LogP contribution in [0.5, 0.6) is 0 Å². The molecule has 1 nitrogen and oxygen atoms in total. The van der Waals surface area contributed by atoms with Gasteiger partial charge in [-0.05, 0) is 24.7 Å². The number of nitrogens with zero attached hydrogens (tertiary/aromatic N) is 1. The number of nitriles is 1. The van der Waals surface area contributed by atoms with Crippen LogP contribution in [-0.2, 0) is 0 Å². The number of rotatable bonds is 1. The maximum Gasteiger partial charge on any atom is 0.0658 e. The first-order valence-corrected chi connectivity index (χ1v) is 4.15. The summed E-state index contributed by atoms with van der Waals surface area (Å²) in [5.41, 5.74) is 0. The summed E-state index contributed by atoms with van der Waals surface area (Å²) in [5, 5.41) is 8.74. The molecule has 1 rings (SSSR count). The van der Waals surface area contributed by atoms with Gasteiger partial charge in [0.25, 0.3) is 0 Å². The first-order valence-electron chi connectivity index (χ1n) is 4.15. The highest BCUT2D eigenvalue weighted by molar-refractivity contribution is 4.93. The van der Waals surface area contributed by atoms with Crippen molar-refractivity contribution in [1.29, 1.82) is 5.26 Å². The van der Waals surface area contributed by atoms with Crippen LogP contribution in [0.15, 0.2) is 0 Å². The third-order valence-corrected chi connectivity index (χ3v) is 2.59. The van der Waals surface area contributed by atoms with Crippen molar-refractivity contribution in [2.45, 2.75) is 33.1 Å². The highest BCUT2D eigenvalue weighted by atomic mass is 14.4. The van der Waals surface area contributed by atoms with Crippen LogP contribution in [-0.4, -0.2) is 0 Å². The lowest BCUT2D eigenvalue weighted by Crippen LogP contribution is -2.12. The summed E-state index contributed by atoms with van der Waals surface area (Å²) in [6.07, 6.45) is 3.68. The topological polar surface area (TPSA) is 23.8 Å². The van der Waals surface area contributed by atoms with Crippen molar-refractivity contribution in [2.24, 2.45) is 17.8 Å². The Morgan fingerprint density at radius 3 is 2.50 bits per heavy atom. The summed E-state index contributed by atoms with van der Waals surface area (Å²) >= 11 is 0. The van der Waals surface area contributed by atoms with Gasteiger partial charge in [0.2, 0.25) is 0 Å². The van der Waals surface area contributed by atoms with Crippen LogP contribution in [0, 0.1) is 29.1 Å². The van der Waals surface area contributed by atoms with Crippen molar-refractivity contribution in [3.05, 3.63) is 0 Å². The van der Waals surface area contributed by atoms with Crippen LogP contribution < -0.4 is 0 Å². The van der Waals surface area contributed by atoms with E-state index in [2.05, 4.69) is 19.9 Å². The van der Waals surface area contributed by atoms with Crippen molar-refractivity contribution in [3.63, 3.8) is 0 Å². The van der Waals surface area contributed by atoms with Crippen molar-refractivity contribution in [1.82, 2.24) is 0 Å². The zero-order chi connectivity index (χ0) is 7.56. The maximum absolute atomic E-state index is 8.74. The van der Waals surface area contributed by atoms with Crippen LogP contribution >= 0.6 is 0 Å². The fourth-order valence-electron chi connectivity index (χ4n) is 1.95. The summed E-state index contributed by atoms with van der Waals surface area (Å²) in [7, 11) is 0. The number of hydrogen-bond acceptors (Lipinski definition) is 1. The largest absolute Gasteiger partial charge is 0.198 e. The molecule has 0 saturated heterocycles. The smallest absolute Gasteiger partial charge is 0.0658 e. The van der Waals surface area contributed by atoms with Crippen LogP contribution in [0.4, 0.5) is 0 Å². The highest BCUT2D eigenvalue weighted by Crippen LogP contribution is 2.35. The predicted molar refractivity (Wildman–Crippen MR) is 41.3 cm³/mol. The van der Waals surface area contributed by atoms with Gasteiger partial charge in [-0.15, -0.1) is 0 Å². The summed E-state index contributed by atoms with van der Waals surface area (Å²) in [5.74, 6) is 1.75. The van der Waals surface area contributed by atoms with E-state index in [-0.39, 0.29) is 0 Å². The molecular weight excluding hydrogens is 122 g/mol. The van der Waals surface area contributed by atoms with Gasteiger partial charge in [0.15, 0.2) is 0 Å². The summed E-state index contributed by atoms with van der Waals surface area (Å²) in [4.78, 5) is 0. The maximum atomic E-state index is 8.74. The van der Waals surface area contributed by atoms with Gasteiger partial charge in [-0.3, -0.25) is 0 Å². The Bertz CT molecular complexity index is 143. The molecule has 1 saturated carbocycles. The molecule has 1 aliphatic carbocycles. The molecule has 56 valence electrons. The molecule has 0 aliphatic heterocycles. The highest BCUT2D eigenvalue weighted by Gasteiger charge is 2.28. The molecule has 0 bridgehead atoms. The summed E-state index contributed by atoms with van der Waals surface area (Å²) < 4.78 is 0. The first-order chi connectivity index (χ1) is 4.75. The second kappa shape index (κ2) is 3.05. The third-order valence-electron chi connectivity index (χ3n) is 2.59. The van der Waals surface area contributed by atoms with Gasteiger partial charge in [0.1, 0.15) is 0 Å². The molecular formula is C9H15N. The Balaban J connectivity index is 2.52. The Hall–Kier alpha value is -0.510. The van der Waals surface area contributed by atoms with Gasteiger partial charge in [0.05, 0.1) is 6.07 Å². The molecule has 0 heterocycles. The second-order valence-electron chi connectivity index (χ2n) is 3.57. The average molecular weight is 137 g/mol. The molecule has 0 aromatic rings. The van der Waals surface area contributed by atoms with E-state index < -0.39 is 0 Å². The van der Waals surface area contributed by atoms with Crippen LogP contribution in [0.3, 0.4) is 0 Å². The molecule has 0 spiro atoms. The first kappa shape index (κ1) is 7.60. The molecule has 1 aliphatic rings. The molecule has 0 N–H and O–H groups in total. The van der Waals surface area contributed by atoms with Crippen molar-refractivity contribution >= 4 is 0 Å². The molecule has 0 unspecified atom stereocenters. The molecule has 1 heteroatoms. The molecule has 0 radical (unpaired) electrons.